The Morgan fingerprint density at radius 1 is 1.33 bits per heavy atom. The van der Waals surface area contributed by atoms with Crippen LogP contribution in [0.1, 0.15) is 31.7 Å². The van der Waals surface area contributed by atoms with Gasteiger partial charge in [-0.05, 0) is 43.5 Å². The molecule has 1 heterocycles. The van der Waals surface area contributed by atoms with Crippen LogP contribution in [0.2, 0.25) is 0 Å². The lowest BCUT2D eigenvalue weighted by atomic mass is 10.1. The second kappa shape index (κ2) is 7.22. The number of nitrogens with one attached hydrogen (secondary N) is 1. The maximum absolute atomic E-state index is 12.0. The fourth-order valence-electron chi connectivity index (χ4n) is 2.72. The van der Waals surface area contributed by atoms with Gasteiger partial charge in [-0.25, -0.2) is 0 Å². The molecule has 0 aliphatic carbocycles. The maximum Gasteiger partial charge on any atom is 0.320 e. The number of aryl methyl sites for hydroxylation is 1. The molecule has 0 spiro atoms. The predicted octanol–water partition coefficient (Wildman–Crippen LogP) is 2.13. The van der Waals surface area contributed by atoms with Crippen molar-refractivity contribution in [1.82, 2.24) is 4.90 Å². The standard InChI is InChI=1S/C16H22N2O3/c1-2-4-12-6-8-13(9-7-12)17-15(19)11-18-10-3-5-14(18)16(20)21/h6-9,14H,2-5,10-11H2,1H3,(H,17,19)(H,20,21). The van der Waals surface area contributed by atoms with Crippen LogP contribution in [0.5, 0.6) is 0 Å². The van der Waals surface area contributed by atoms with E-state index >= 15 is 0 Å². The average molecular weight is 290 g/mol. The van der Waals surface area contributed by atoms with Crippen molar-refractivity contribution < 1.29 is 14.7 Å². The van der Waals surface area contributed by atoms with Crippen LogP contribution in [-0.4, -0.2) is 41.0 Å². The molecule has 1 atom stereocenters. The number of anilines is 1. The SMILES string of the molecule is CCCc1ccc(NC(=O)CN2CCCC2C(=O)O)cc1. The number of carbonyl (C=O) groups is 2. The molecule has 2 N–H and O–H groups in total. The van der Waals surface area contributed by atoms with Gasteiger partial charge in [0, 0.05) is 5.69 Å². The highest BCUT2D eigenvalue weighted by atomic mass is 16.4. The summed E-state index contributed by atoms with van der Waals surface area (Å²) in [6, 6.07) is 7.27. The summed E-state index contributed by atoms with van der Waals surface area (Å²) in [5.41, 5.74) is 2.01. The van der Waals surface area contributed by atoms with Gasteiger partial charge in [0.1, 0.15) is 6.04 Å². The summed E-state index contributed by atoms with van der Waals surface area (Å²) < 4.78 is 0. The Bertz CT molecular complexity index is 499. The molecule has 114 valence electrons. The number of rotatable bonds is 6. The van der Waals surface area contributed by atoms with Crippen LogP contribution in [0.4, 0.5) is 5.69 Å². The number of carboxylic acid groups (broad SMARTS) is 1. The first kappa shape index (κ1) is 15.5. The molecule has 1 aliphatic rings. The van der Waals surface area contributed by atoms with Crippen molar-refractivity contribution in [3.05, 3.63) is 29.8 Å². The minimum absolute atomic E-state index is 0.133. The van der Waals surface area contributed by atoms with E-state index < -0.39 is 12.0 Å². The molecule has 0 aromatic heterocycles. The van der Waals surface area contributed by atoms with Crippen LogP contribution in [-0.2, 0) is 16.0 Å². The number of benzene rings is 1. The summed E-state index contributed by atoms with van der Waals surface area (Å²) in [5, 5.41) is 11.9. The molecule has 1 aliphatic heterocycles. The molecule has 1 unspecified atom stereocenters. The van der Waals surface area contributed by atoms with E-state index in [1.165, 1.54) is 5.56 Å². The molecule has 2 rings (SSSR count). The zero-order chi connectivity index (χ0) is 15.2. The molecule has 1 saturated heterocycles. The molecule has 1 aromatic carbocycles. The molecule has 0 bridgehead atoms. The minimum atomic E-state index is -0.843. The Morgan fingerprint density at radius 2 is 2.05 bits per heavy atom. The topological polar surface area (TPSA) is 69.6 Å². The minimum Gasteiger partial charge on any atom is -0.480 e. The quantitative estimate of drug-likeness (QED) is 0.842. The normalized spacial score (nSPS) is 18.6. The second-order valence-corrected chi connectivity index (χ2v) is 5.46. The van der Waals surface area contributed by atoms with Gasteiger partial charge in [-0.1, -0.05) is 25.5 Å². The summed E-state index contributed by atoms with van der Waals surface area (Å²) in [7, 11) is 0. The van der Waals surface area contributed by atoms with E-state index in [0.717, 1.165) is 24.9 Å². The summed E-state index contributed by atoms with van der Waals surface area (Å²) >= 11 is 0. The molecule has 21 heavy (non-hydrogen) atoms. The third kappa shape index (κ3) is 4.29. The van der Waals surface area contributed by atoms with Gasteiger partial charge in [0.2, 0.25) is 5.91 Å². The van der Waals surface area contributed by atoms with Crippen molar-refractivity contribution >= 4 is 17.6 Å². The van der Waals surface area contributed by atoms with E-state index in [1.54, 1.807) is 4.90 Å². The van der Waals surface area contributed by atoms with Crippen molar-refractivity contribution in [2.45, 2.75) is 38.6 Å². The molecule has 1 aromatic rings. The van der Waals surface area contributed by atoms with Crippen LogP contribution in [0.25, 0.3) is 0 Å². The summed E-state index contributed by atoms with van der Waals surface area (Å²) in [4.78, 5) is 24.8. The fraction of sp³-hybridized carbons (Fsp3) is 0.500. The predicted molar refractivity (Wildman–Crippen MR) is 81.3 cm³/mol. The number of carboxylic acids is 1. The van der Waals surface area contributed by atoms with E-state index in [0.29, 0.717) is 13.0 Å². The van der Waals surface area contributed by atoms with Gasteiger partial charge in [-0.3, -0.25) is 14.5 Å². The average Bonchev–Trinajstić information content (AvgIpc) is 2.89. The first-order valence-electron chi connectivity index (χ1n) is 7.46. The molecule has 5 nitrogen and oxygen atoms in total. The largest absolute Gasteiger partial charge is 0.480 e. The molecular weight excluding hydrogens is 268 g/mol. The molecule has 0 saturated carbocycles. The number of likely N-dealkylation sites (tertiary alicyclic amines) is 1. The Morgan fingerprint density at radius 3 is 2.67 bits per heavy atom. The van der Waals surface area contributed by atoms with Crippen LogP contribution in [0, 0.1) is 0 Å². The van der Waals surface area contributed by atoms with E-state index in [4.69, 9.17) is 5.11 Å². The number of carbonyl (C=O) groups excluding carboxylic acids is 1. The van der Waals surface area contributed by atoms with Crippen LogP contribution < -0.4 is 5.32 Å². The highest BCUT2D eigenvalue weighted by Crippen LogP contribution is 2.17. The van der Waals surface area contributed by atoms with Crippen LogP contribution in [0.3, 0.4) is 0 Å². The van der Waals surface area contributed by atoms with Gasteiger partial charge in [-0.15, -0.1) is 0 Å². The van der Waals surface area contributed by atoms with E-state index in [2.05, 4.69) is 12.2 Å². The first-order valence-corrected chi connectivity index (χ1v) is 7.46. The molecule has 0 radical (unpaired) electrons. The van der Waals surface area contributed by atoms with Crippen LogP contribution in [0.15, 0.2) is 24.3 Å². The van der Waals surface area contributed by atoms with Crippen molar-refractivity contribution in [1.29, 1.82) is 0 Å². The van der Waals surface area contributed by atoms with Crippen molar-refractivity contribution in [2.24, 2.45) is 0 Å². The molecule has 1 amide bonds. The van der Waals surface area contributed by atoms with Gasteiger partial charge < -0.3 is 10.4 Å². The maximum atomic E-state index is 12.0. The third-order valence-electron chi connectivity index (χ3n) is 3.77. The van der Waals surface area contributed by atoms with Gasteiger partial charge in [0.15, 0.2) is 0 Å². The molecule has 1 fully saturated rings. The Kier molecular flexibility index (Phi) is 5.33. The van der Waals surface area contributed by atoms with E-state index in [9.17, 15) is 9.59 Å². The summed E-state index contributed by atoms with van der Waals surface area (Å²) in [6.07, 6.45) is 3.57. The van der Waals surface area contributed by atoms with Crippen LogP contribution >= 0.6 is 0 Å². The van der Waals surface area contributed by atoms with Crippen molar-refractivity contribution in [3.63, 3.8) is 0 Å². The number of hydrogen-bond donors (Lipinski definition) is 2. The smallest absolute Gasteiger partial charge is 0.320 e. The summed E-state index contributed by atoms with van der Waals surface area (Å²) in [6.45, 7) is 2.93. The van der Waals surface area contributed by atoms with Gasteiger partial charge in [0.05, 0.1) is 6.54 Å². The number of amides is 1. The van der Waals surface area contributed by atoms with Gasteiger partial charge in [0.25, 0.3) is 0 Å². The van der Waals surface area contributed by atoms with Crippen molar-refractivity contribution in [2.75, 3.05) is 18.4 Å². The zero-order valence-electron chi connectivity index (χ0n) is 12.3. The lowest BCUT2D eigenvalue weighted by Crippen LogP contribution is -2.40. The monoisotopic (exact) mass is 290 g/mol. The highest BCUT2D eigenvalue weighted by molar-refractivity contribution is 5.92. The van der Waals surface area contributed by atoms with Gasteiger partial charge in [-0.2, -0.15) is 0 Å². The van der Waals surface area contributed by atoms with Crippen molar-refractivity contribution in [3.8, 4) is 0 Å². The summed E-state index contributed by atoms with van der Waals surface area (Å²) in [5.74, 6) is -1.00. The lowest BCUT2D eigenvalue weighted by molar-refractivity contribution is -0.142. The lowest BCUT2D eigenvalue weighted by Gasteiger charge is -2.20. The first-order chi connectivity index (χ1) is 10.1. The van der Waals surface area contributed by atoms with E-state index in [1.807, 2.05) is 24.3 Å². The molecular formula is C16H22N2O3. The third-order valence-corrected chi connectivity index (χ3v) is 3.77. The second-order valence-electron chi connectivity index (χ2n) is 5.46. The Labute approximate surface area is 125 Å². The Hall–Kier alpha value is -1.88. The number of nitrogens with zero attached hydrogens (tertiary/aromatic N) is 1. The molecule has 5 heteroatoms. The Balaban J connectivity index is 1.88. The van der Waals surface area contributed by atoms with Gasteiger partial charge >= 0.3 is 5.97 Å². The fourth-order valence-corrected chi connectivity index (χ4v) is 2.72. The highest BCUT2D eigenvalue weighted by Gasteiger charge is 2.31. The number of hydrogen-bond acceptors (Lipinski definition) is 3. The van der Waals surface area contributed by atoms with E-state index in [-0.39, 0.29) is 12.5 Å². The zero-order valence-corrected chi connectivity index (χ0v) is 12.3. The number of aliphatic carboxylic acids is 1.